The highest BCUT2D eigenvalue weighted by Crippen LogP contribution is 2.41. The minimum absolute atomic E-state index is 0.0461. The fourth-order valence-electron chi connectivity index (χ4n) is 3.41. The third-order valence-corrected chi connectivity index (χ3v) is 7.95. The molecule has 2 fully saturated rings. The minimum Gasteiger partial charge on any atom is -0.497 e. The average molecular weight is 433 g/mol. The molecule has 0 aliphatic carbocycles. The van der Waals surface area contributed by atoms with Crippen LogP contribution in [0.25, 0.3) is 0 Å². The summed E-state index contributed by atoms with van der Waals surface area (Å²) in [5, 5.41) is 0.352. The van der Waals surface area contributed by atoms with Gasteiger partial charge in [0, 0.05) is 10.9 Å². The summed E-state index contributed by atoms with van der Waals surface area (Å²) in [6.07, 6.45) is 0. The van der Waals surface area contributed by atoms with Crippen molar-refractivity contribution in [2.75, 3.05) is 30.1 Å². The molecule has 0 radical (unpaired) electrons. The molecule has 9 heteroatoms. The zero-order valence-corrected chi connectivity index (χ0v) is 17.4. The second-order valence-electron chi connectivity index (χ2n) is 6.76. The topological polar surface area (TPSA) is 85.3 Å². The number of carbonyl (C=O) groups excluding carboxylic acids is 1. The smallest absolute Gasteiger partial charge is 0.285 e. The molecule has 7 nitrogen and oxygen atoms in total. The Hall–Kier alpha value is -2.52. The van der Waals surface area contributed by atoms with Gasteiger partial charge in [-0.3, -0.25) is 4.79 Å². The number of para-hydroxylation sites is 1. The number of amides is 1. The highest BCUT2D eigenvalue weighted by Gasteiger charge is 2.49. The first-order valence-corrected chi connectivity index (χ1v) is 11.7. The van der Waals surface area contributed by atoms with Gasteiger partial charge in [0.05, 0.1) is 24.7 Å². The Morgan fingerprint density at radius 2 is 1.83 bits per heavy atom. The van der Waals surface area contributed by atoms with Crippen molar-refractivity contribution in [1.82, 2.24) is 0 Å². The first-order valence-electron chi connectivity index (χ1n) is 9.05. The summed E-state index contributed by atoms with van der Waals surface area (Å²) in [6, 6.07) is 16.1. The van der Waals surface area contributed by atoms with Gasteiger partial charge in [0.2, 0.25) is 0 Å². The molecule has 2 saturated heterocycles. The molecule has 1 amide bonds. The lowest BCUT2D eigenvalue weighted by molar-refractivity contribution is -0.119. The molecule has 0 unspecified atom stereocenters. The number of ether oxygens (including phenoxy) is 2. The van der Waals surface area contributed by atoms with Crippen LogP contribution in [-0.4, -0.2) is 56.0 Å². The molecule has 152 valence electrons. The van der Waals surface area contributed by atoms with Gasteiger partial charge in [0.1, 0.15) is 11.5 Å². The molecule has 0 bridgehead atoms. The van der Waals surface area contributed by atoms with E-state index >= 15 is 0 Å². The number of aliphatic imine (C=N–C) groups is 1. The summed E-state index contributed by atoms with van der Waals surface area (Å²) in [5.41, 5.74) is 0.776. The minimum atomic E-state index is -3.11. The molecule has 4 rings (SSSR count). The zero-order valence-electron chi connectivity index (χ0n) is 15.7. The van der Waals surface area contributed by atoms with E-state index in [1.807, 2.05) is 35.2 Å². The van der Waals surface area contributed by atoms with Crippen molar-refractivity contribution < 1.29 is 22.7 Å². The van der Waals surface area contributed by atoms with Crippen molar-refractivity contribution in [3.8, 4) is 11.5 Å². The second-order valence-corrected chi connectivity index (χ2v) is 10.1. The van der Waals surface area contributed by atoms with Crippen LogP contribution < -0.4 is 14.4 Å². The number of thioether (sulfide) groups is 1. The number of nitrogens with zero attached hydrogens (tertiary/aromatic N) is 2. The summed E-state index contributed by atoms with van der Waals surface area (Å²) in [5.74, 6) is 1.00. The van der Waals surface area contributed by atoms with Crippen LogP contribution in [0.2, 0.25) is 0 Å². The number of rotatable bonds is 5. The highest BCUT2D eigenvalue weighted by atomic mass is 32.2. The fraction of sp³-hybridized carbons (Fsp3) is 0.300. The molecule has 0 N–H and O–H groups in total. The molecule has 2 aromatic rings. The van der Waals surface area contributed by atoms with Crippen LogP contribution in [0.1, 0.15) is 0 Å². The Labute approximate surface area is 173 Å². The third-order valence-electron chi connectivity index (χ3n) is 4.74. The monoisotopic (exact) mass is 432 g/mol. The van der Waals surface area contributed by atoms with Crippen LogP contribution in [0.4, 0.5) is 5.69 Å². The standard InChI is InChI=1S/C20H20N2O5S2/c1-26-15-9-7-14(8-10-15)22-17-12-29(24,25)13-18(17)28-20(22)21-19(23)11-27-16-5-3-2-4-6-16/h2-10,17-18H,11-13H2,1H3/t17-,18+/m1/s1. The highest BCUT2D eigenvalue weighted by molar-refractivity contribution is 8.16. The summed E-state index contributed by atoms with van der Waals surface area (Å²) < 4.78 is 34.9. The molecule has 2 heterocycles. The third kappa shape index (κ3) is 4.40. The lowest BCUT2D eigenvalue weighted by atomic mass is 10.2. The molecule has 0 spiro atoms. The van der Waals surface area contributed by atoms with Crippen LogP contribution in [0.3, 0.4) is 0 Å². The predicted molar refractivity (Wildman–Crippen MR) is 114 cm³/mol. The summed E-state index contributed by atoms with van der Waals surface area (Å²) in [6.45, 7) is -0.182. The Balaban J connectivity index is 1.57. The van der Waals surface area contributed by atoms with Crippen molar-refractivity contribution in [2.24, 2.45) is 4.99 Å². The number of carbonyl (C=O) groups is 1. The van der Waals surface area contributed by atoms with Gasteiger partial charge in [-0.25, -0.2) is 8.42 Å². The molecular formula is C20H20N2O5S2. The first-order chi connectivity index (χ1) is 13.9. The van der Waals surface area contributed by atoms with Gasteiger partial charge in [0.25, 0.3) is 5.91 Å². The summed E-state index contributed by atoms with van der Waals surface area (Å²) in [4.78, 5) is 18.5. The van der Waals surface area contributed by atoms with Crippen molar-refractivity contribution in [2.45, 2.75) is 11.3 Å². The number of hydrogen-bond donors (Lipinski definition) is 0. The average Bonchev–Trinajstić information content (AvgIpc) is 3.18. The maximum absolute atomic E-state index is 12.4. The number of hydrogen-bond acceptors (Lipinski definition) is 6. The Morgan fingerprint density at radius 3 is 2.52 bits per heavy atom. The lowest BCUT2D eigenvalue weighted by Gasteiger charge is -2.24. The van der Waals surface area contributed by atoms with Crippen molar-refractivity contribution in [3.63, 3.8) is 0 Å². The van der Waals surface area contributed by atoms with Crippen molar-refractivity contribution in [3.05, 3.63) is 54.6 Å². The molecule has 2 aliphatic heterocycles. The number of anilines is 1. The van der Waals surface area contributed by atoms with E-state index in [0.717, 1.165) is 5.69 Å². The van der Waals surface area contributed by atoms with Crippen LogP contribution in [-0.2, 0) is 14.6 Å². The number of sulfone groups is 1. The van der Waals surface area contributed by atoms with Crippen molar-refractivity contribution >= 4 is 38.4 Å². The van der Waals surface area contributed by atoms with E-state index < -0.39 is 15.7 Å². The zero-order chi connectivity index (χ0) is 20.4. The largest absolute Gasteiger partial charge is 0.497 e. The van der Waals surface area contributed by atoms with Crippen LogP contribution in [0, 0.1) is 0 Å². The number of amidine groups is 1. The Morgan fingerprint density at radius 1 is 1.10 bits per heavy atom. The lowest BCUT2D eigenvalue weighted by Crippen LogP contribution is -2.37. The van der Waals surface area contributed by atoms with Crippen LogP contribution >= 0.6 is 11.8 Å². The SMILES string of the molecule is COc1ccc(N2C(=NC(=O)COc3ccccc3)S[C@H]3CS(=O)(=O)C[C@H]32)cc1. The van der Waals surface area contributed by atoms with Gasteiger partial charge in [0.15, 0.2) is 21.6 Å². The van der Waals surface area contributed by atoms with Gasteiger partial charge >= 0.3 is 0 Å². The van der Waals surface area contributed by atoms with Crippen molar-refractivity contribution in [1.29, 1.82) is 0 Å². The predicted octanol–water partition coefficient (Wildman–Crippen LogP) is 2.38. The van der Waals surface area contributed by atoms with E-state index in [-0.39, 0.29) is 29.4 Å². The summed E-state index contributed by atoms with van der Waals surface area (Å²) in [7, 11) is -1.53. The molecule has 2 aliphatic rings. The first kappa shape index (κ1) is 19.8. The van der Waals surface area contributed by atoms with Crippen LogP contribution in [0.15, 0.2) is 59.6 Å². The Kier molecular flexibility index (Phi) is 5.51. The van der Waals surface area contributed by atoms with Gasteiger partial charge in [-0.15, -0.1) is 0 Å². The molecule has 29 heavy (non-hydrogen) atoms. The van der Waals surface area contributed by atoms with E-state index in [2.05, 4.69) is 4.99 Å². The van der Waals surface area contributed by atoms with Gasteiger partial charge in [-0.2, -0.15) is 4.99 Å². The normalized spacial score (nSPS) is 23.8. The molecule has 2 atom stereocenters. The van der Waals surface area contributed by atoms with Gasteiger partial charge in [-0.1, -0.05) is 30.0 Å². The quantitative estimate of drug-likeness (QED) is 0.717. The number of methoxy groups -OCH3 is 1. The van der Waals surface area contributed by atoms with Gasteiger partial charge in [-0.05, 0) is 36.4 Å². The van der Waals surface area contributed by atoms with E-state index in [1.54, 1.807) is 31.4 Å². The van der Waals surface area contributed by atoms with E-state index in [0.29, 0.717) is 16.7 Å². The second kappa shape index (κ2) is 8.08. The number of benzene rings is 2. The van der Waals surface area contributed by atoms with Crippen LogP contribution in [0.5, 0.6) is 11.5 Å². The molecule has 2 aromatic carbocycles. The molecular weight excluding hydrogens is 412 g/mol. The number of fused-ring (bicyclic) bond motifs is 1. The van der Waals surface area contributed by atoms with E-state index in [1.165, 1.54) is 11.8 Å². The molecule has 0 aromatic heterocycles. The fourth-order valence-corrected chi connectivity index (χ4v) is 7.34. The maximum Gasteiger partial charge on any atom is 0.285 e. The maximum atomic E-state index is 12.4. The van der Waals surface area contributed by atoms with Gasteiger partial charge < -0.3 is 14.4 Å². The molecule has 0 saturated carbocycles. The van der Waals surface area contributed by atoms with E-state index in [9.17, 15) is 13.2 Å². The summed E-state index contributed by atoms with van der Waals surface area (Å²) >= 11 is 1.34. The van der Waals surface area contributed by atoms with E-state index in [4.69, 9.17) is 9.47 Å². The Bertz CT molecular complexity index is 1020.